The number of carbonyl (C=O) groups is 2. The number of carbonyl (C=O) groups excluding carboxylic acids is 1. The van der Waals surface area contributed by atoms with E-state index in [2.05, 4.69) is 0 Å². The number of rotatable bonds is 4. The molecule has 19 heavy (non-hydrogen) atoms. The van der Waals surface area contributed by atoms with Gasteiger partial charge in [-0.2, -0.15) is 0 Å². The Labute approximate surface area is 110 Å². The summed E-state index contributed by atoms with van der Waals surface area (Å²) in [7, 11) is 0. The maximum absolute atomic E-state index is 11.9. The van der Waals surface area contributed by atoms with Crippen LogP contribution in [-0.4, -0.2) is 34.7 Å². The first-order valence-corrected chi connectivity index (χ1v) is 6.06. The molecule has 1 heterocycles. The van der Waals surface area contributed by atoms with Gasteiger partial charge in [-0.25, -0.2) is 0 Å². The fourth-order valence-electron chi connectivity index (χ4n) is 2.26. The quantitative estimate of drug-likeness (QED) is 0.682. The molecule has 1 aromatic rings. The van der Waals surface area contributed by atoms with Crippen LogP contribution in [0.5, 0.6) is 0 Å². The minimum Gasteiger partial charge on any atom is -0.481 e. The molecule has 6 heteroatoms. The molecule has 0 saturated carbocycles. The van der Waals surface area contributed by atoms with E-state index in [1.165, 1.54) is 4.90 Å². The highest BCUT2D eigenvalue weighted by molar-refractivity contribution is 5.96. The lowest BCUT2D eigenvalue weighted by atomic mass is 10.00. The second-order valence-electron chi connectivity index (χ2n) is 4.64. The zero-order chi connectivity index (χ0) is 14.0. The van der Waals surface area contributed by atoms with Crippen molar-refractivity contribution in [3.05, 3.63) is 23.8 Å². The first-order valence-electron chi connectivity index (χ1n) is 6.06. The number of aryl methyl sites for hydroxylation is 1. The van der Waals surface area contributed by atoms with Crippen LogP contribution in [0.1, 0.15) is 18.4 Å². The van der Waals surface area contributed by atoms with E-state index in [1.54, 1.807) is 18.2 Å². The molecule has 1 atom stereocenters. The summed E-state index contributed by atoms with van der Waals surface area (Å²) in [5.74, 6) is -1.20. The number of hydrogen-bond donors (Lipinski definition) is 3. The van der Waals surface area contributed by atoms with Gasteiger partial charge >= 0.3 is 5.97 Å². The van der Waals surface area contributed by atoms with Gasteiger partial charge in [0.15, 0.2) is 0 Å². The number of amides is 1. The van der Waals surface area contributed by atoms with Crippen molar-refractivity contribution in [2.45, 2.75) is 25.4 Å². The number of fused-ring (bicyclic) bond motifs is 1. The molecule has 102 valence electrons. The van der Waals surface area contributed by atoms with E-state index in [9.17, 15) is 14.7 Å². The normalized spacial score (nSPS) is 16.1. The number of aliphatic hydroxyl groups excluding tert-OH is 1. The van der Waals surface area contributed by atoms with Crippen LogP contribution in [0.15, 0.2) is 18.2 Å². The van der Waals surface area contributed by atoms with Gasteiger partial charge in [-0.3, -0.25) is 9.59 Å². The van der Waals surface area contributed by atoms with Gasteiger partial charge in [-0.15, -0.1) is 0 Å². The molecule has 1 unspecified atom stereocenters. The lowest BCUT2D eigenvalue weighted by Crippen LogP contribution is -2.41. The Balaban J connectivity index is 2.20. The monoisotopic (exact) mass is 264 g/mol. The Bertz CT molecular complexity index is 515. The van der Waals surface area contributed by atoms with E-state index in [0.29, 0.717) is 24.2 Å². The standard InChI is InChI=1S/C13H16N2O4/c14-9-2-3-11-8(5-9)1-4-12(17)15(11)7-10(16)6-13(18)19/h2-3,5,10,16H,1,4,6-7,14H2,(H,18,19). The minimum absolute atomic E-state index is 0.0119. The number of anilines is 2. The van der Waals surface area contributed by atoms with E-state index in [-0.39, 0.29) is 18.9 Å². The Morgan fingerprint density at radius 2 is 2.16 bits per heavy atom. The summed E-state index contributed by atoms with van der Waals surface area (Å²) in [6.45, 7) is -0.0119. The number of nitrogens with two attached hydrogens (primary N) is 1. The highest BCUT2D eigenvalue weighted by atomic mass is 16.4. The third-order valence-electron chi connectivity index (χ3n) is 3.11. The fraction of sp³-hybridized carbons (Fsp3) is 0.385. The lowest BCUT2D eigenvalue weighted by molar-refractivity contribution is -0.139. The number of aliphatic carboxylic acids is 1. The van der Waals surface area contributed by atoms with Crippen molar-refractivity contribution in [2.75, 3.05) is 17.2 Å². The van der Waals surface area contributed by atoms with E-state index in [4.69, 9.17) is 10.8 Å². The smallest absolute Gasteiger partial charge is 0.306 e. The van der Waals surface area contributed by atoms with Gasteiger partial charge in [0.25, 0.3) is 0 Å². The highest BCUT2D eigenvalue weighted by Gasteiger charge is 2.26. The van der Waals surface area contributed by atoms with Gasteiger partial charge in [-0.05, 0) is 30.2 Å². The molecule has 0 aromatic heterocycles. The summed E-state index contributed by atoms with van der Waals surface area (Å²) in [6.07, 6.45) is -0.500. The van der Waals surface area contributed by atoms with Crippen molar-refractivity contribution in [2.24, 2.45) is 0 Å². The molecule has 1 aliphatic rings. The number of hydrogen-bond acceptors (Lipinski definition) is 4. The molecule has 1 aromatic carbocycles. The van der Waals surface area contributed by atoms with Crippen LogP contribution < -0.4 is 10.6 Å². The summed E-state index contributed by atoms with van der Waals surface area (Å²) < 4.78 is 0. The molecule has 0 spiro atoms. The van der Waals surface area contributed by atoms with Crippen LogP contribution >= 0.6 is 0 Å². The van der Waals surface area contributed by atoms with Crippen LogP contribution in [0.3, 0.4) is 0 Å². The minimum atomic E-state index is -1.09. The number of benzene rings is 1. The number of carboxylic acids is 1. The molecule has 6 nitrogen and oxygen atoms in total. The van der Waals surface area contributed by atoms with Gasteiger partial charge in [0, 0.05) is 17.8 Å². The molecule has 4 N–H and O–H groups in total. The Hall–Kier alpha value is -2.08. The maximum Gasteiger partial charge on any atom is 0.306 e. The van der Waals surface area contributed by atoms with Crippen molar-refractivity contribution in [3.63, 3.8) is 0 Å². The molecule has 2 rings (SSSR count). The Morgan fingerprint density at radius 1 is 1.42 bits per heavy atom. The Kier molecular flexibility index (Phi) is 3.71. The number of nitrogens with zero attached hydrogens (tertiary/aromatic N) is 1. The second-order valence-corrected chi connectivity index (χ2v) is 4.64. The van der Waals surface area contributed by atoms with E-state index in [0.717, 1.165) is 5.56 Å². The molecule has 0 aliphatic carbocycles. The Morgan fingerprint density at radius 3 is 2.84 bits per heavy atom. The zero-order valence-corrected chi connectivity index (χ0v) is 10.4. The first kappa shape index (κ1) is 13.4. The largest absolute Gasteiger partial charge is 0.481 e. The van der Waals surface area contributed by atoms with Gasteiger partial charge in [-0.1, -0.05) is 0 Å². The second kappa shape index (κ2) is 5.27. The van der Waals surface area contributed by atoms with Crippen LogP contribution in [0.25, 0.3) is 0 Å². The predicted molar refractivity (Wildman–Crippen MR) is 69.8 cm³/mol. The molecular formula is C13H16N2O4. The third-order valence-corrected chi connectivity index (χ3v) is 3.11. The summed E-state index contributed by atoms with van der Waals surface area (Å²) in [5, 5.41) is 18.3. The van der Waals surface area contributed by atoms with Crippen LogP contribution in [0.2, 0.25) is 0 Å². The number of aliphatic hydroxyl groups is 1. The summed E-state index contributed by atoms with van der Waals surface area (Å²) in [6, 6.07) is 5.22. The summed E-state index contributed by atoms with van der Waals surface area (Å²) in [4.78, 5) is 23.9. The van der Waals surface area contributed by atoms with Gasteiger partial charge in [0.2, 0.25) is 5.91 Å². The molecule has 0 radical (unpaired) electrons. The van der Waals surface area contributed by atoms with Gasteiger partial charge in [0.1, 0.15) is 0 Å². The van der Waals surface area contributed by atoms with E-state index >= 15 is 0 Å². The predicted octanol–water partition coefficient (Wildman–Crippen LogP) is 0.384. The summed E-state index contributed by atoms with van der Waals surface area (Å²) in [5.41, 5.74) is 7.97. The van der Waals surface area contributed by atoms with E-state index < -0.39 is 12.1 Å². The average molecular weight is 264 g/mol. The molecule has 1 amide bonds. The van der Waals surface area contributed by atoms with E-state index in [1.807, 2.05) is 0 Å². The van der Waals surface area contributed by atoms with Crippen molar-refractivity contribution < 1.29 is 19.8 Å². The third kappa shape index (κ3) is 3.03. The topological polar surface area (TPSA) is 104 Å². The van der Waals surface area contributed by atoms with Crippen LogP contribution in [0, 0.1) is 0 Å². The van der Waals surface area contributed by atoms with Crippen LogP contribution in [-0.2, 0) is 16.0 Å². The van der Waals surface area contributed by atoms with Crippen LogP contribution in [0.4, 0.5) is 11.4 Å². The van der Waals surface area contributed by atoms with Crippen molar-refractivity contribution in [1.29, 1.82) is 0 Å². The molecule has 0 saturated heterocycles. The molecule has 0 bridgehead atoms. The van der Waals surface area contributed by atoms with Gasteiger partial charge < -0.3 is 20.8 Å². The van der Waals surface area contributed by atoms with Gasteiger partial charge in [0.05, 0.1) is 19.1 Å². The maximum atomic E-state index is 11.9. The van der Waals surface area contributed by atoms with Crippen molar-refractivity contribution in [1.82, 2.24) is 0 Å². The summed E-state index contributed by atoms with van der Waals surface area (Å²) >= 11 is 0. The van der Waals surface area contributed by atoms with Crippen molar-refractivity contribution >= 4 is 23.3 Å². The zero-order valence-electron chi connectivity index (χ0n) is 10.4. The molecule has 1 aliphatic heterocycles. The lowest BCUT2D eigenvalue weighted by Gasteiger charge is -2.31. The number of nitrogen functional groups attached to an aromatic ring is 1. The SMILES string of the molecule is Nc1ccc2c(c1)CCC(=O)N2CC(O)CC(=O)O. The first-order chi connectivity index (χ1) is 8.97. The van der Waals surface area contributed by atoms with Crippen molar-refractivity contribution in [3.8, 4) is 0 Å². The molecular weight excluding hydrogens is 248 g/mol. The highest BCUT2D eigenvalue weighted by Crippen LogP contribution is 2.29. The number of β-amino-alcohol motifs (C(OH)–C–C–N with tert-alkyl or cyclic N) is 1. The fourth-order valence-corrected chi connectivity index (χ4v) is 2.26. The number of carboxylic acid groups (broad SMARTS) is 1. The average Bonchev–Trinajstić information content (AvgIpc) is 2.32. The molecule has 0 fully saturated rings.